The van der Waals surface area contributed by atoms with Gasteiger partial charge in [0.1, 0.15) is 0 Å². The van der Waals surface area contributed by atoms with Gasteiger partial charge in [-0.05, 0) is 43.7 Å². The zero-order chi connectivity index (χ0) is 14.5. The van der Waals surface area contributed by atoms with E-state index >= 15 is 0 Å². The van der Waals surface area contributed by atoms with Crippen molar-refractivity contribution in [2.45, 2.75) is 39.7 Å². The normalized spacial score (nSPS) is 12.6. The van der Waals surface area contributed by atoms with Crippen molar-refractivity contribution in [2.24, 2.45) is 0 Å². The molecule has 0 aliphatic heterocycles. The standard InChI is InChI=1S/C17H22BrNS/c1-4-13-7-8-14(20-13)11-17(19-5-2)15-10-12(3)6-9-16(15)18/h6-10,17,19H,4-5,11H2,1-3H3. The molecule has 1 N–H and O–H groups in total. The summed E-state index contributed by atoms with van der Waals surface area (Å²) in [7, 11) is 0. The molecular weight excluding hydrogens is 330 g/mol. The first kappa shape index (κ1) is 15.7. The van der Waals surface area contributed by atoms with Crippen molar-refractivity contribution < 1.29 is 0 Å². The summed E-state index contributed by atoms with van der Waals surface area (Å²) in [5, 5.41) is 3.62. The molecule has 1 aromatic heterocycles. The highest BCUT2D eigenvalue weighted by Gasteiger charge is 2.15. The number of thiophene rings is 1. The van der Waals surface area contributed by atoms with Crippen molar-refractivity contribution in [3.8, 4) is 0 Å². The van der Waals surface area contributed by atoms with E-state index in [-0.39, 0.29) is 0 Å². The van der Waals surface area contributed by atoms with Crippen LogP contribution in [0.4, 0.5) is 0 Å². The molecule has 108 valence electrons. The van der Waals surface area contributed by atoms with E-state index < -0.39 is 0 Å². The van der Waals surface area contributed by atoms with Crippen LogP contribution in [0.1, 0.15) is 40.8 Å². The maximum atomic E-state index is 3.70. The Balaban J connectivity index is 2.23. The SMILES string of the molecule is CCNC(Cc1ccc(CC)s1)c1cc(C)ccc1Br. The largest absolute Gasteiger partial charge is 0.310 e. The first-order valence-electron chi connectivity index (χ1n) is 7.21. The number of aryl methyl sites for hydroxylation is 2. The molecular formula is C17H22BrNS. The van der Waals surface area contributed by atoms with Crippen molar-refractivity contribution in [2.75, 3.05) is 6.54 Å². The summed E-state index contributed by atoms with van der Waals surface area (Å²) in [6.45, 7) is 7.52. The van der Waals surface area contributed by atoms with Gasteiger partial charge in [-0.15, -0.1) is 11.3 Å². The van der Waals surface area contributed by atoms with Gasteiger partial charge in [-0.3, -0.25) is 0 Å². The second kappa shape index (κ2) is 7.39. The summed E-state index contributed by atoms with van der Waals surface area (Å²) >= 11 is 5.63. The fourth-order valence-electron chi connectivity index (χ4n) is 2.39. The average molecular weight is 352 g/mol. The van der Waals surface area contributed by atoms with Crippen molar-refractivity contribution in [3.63, 3.8) is 0 Å². The number of hydrogen-bond acceptors (Lipinski definition) is 2. The molecule has 0 amide bonds. The van der Waals surface area contributed by atoms with Gasteiger partial charge in [0.2, 0.25) is 0 Å². The van der Waals surface area contributed by atoms with E-state index in [4.69, 9.17) is 0 Å². The summed E-state index contributed by atoms with van der Waals surface area (Å²) in [6.07, 6.45) is 2.19. The van der Waals surface area contributed by atoms with Gasteiger partial charge in [-0.25, -0.2) is 0 Å². The molecule has 1 atom stereocenters. The number of halogens is 1. The Kier molecular flexibility index (Phi) is 5.82. The molecule has 0 saturated carbocycles. The zero-order valence-corrected chi connectivity index (χ0v) is 14.8. The lowest BCUT2D eigenvalue weighted by Gasteiger charge is -2.19. The minimum absolute atomic E-state index is 0.373. The summed E-state index contributed by atoms with van der Waals surface area (Å²) in [5.74, 6) is 0. The van der Waals surface area contributed by atoms with Crippen LogP contribution >= 0.6 is 27.3 Å². The fraction of sp³-hybridized carbons (Fsp3) is 0.412. The van der Waals surface area contributed by atoms with Crippen molar-refractivity contribution >= 4 is 27.3 Å². The van der Waals surface area contributed by atoms with Crippen molar-refractivity contribution in [1.82, 2.24) is 5.32 Å². The van der Waals surface area contributed by atoms with Crippen LogP contribution in [0, 0.1) is 6.92 Å². The highest BCUT2D eigenvalue weighted by atomic mass is 79.9. The van der Waals surface area contributed by atoms with Crippen molar-refractivity contribution in [1.29, 1.82) is 0 Å². The van der Waals surface area contributed by atoms with Gasteiger partial charge in [-0.2, -0.15) is 0 Å². The molecule has 0 fully saturated rings. The van der Waals surface area contributed by atoms with Crippen LogP contribution in [0.3, 0.4) is 0 Å². The van der Waals surface area contributed by atoms with E-state index in [1.807, 2.05) is 11.3 Å². The number of likely N-dealkylation sites (N-methyl/N-ethyl adjacent to an activating group) is 1. The van der Waals surface area contributed by atoms with Crippen LogP contribution in [0.5, 0.6) is 0 Å². The third-order valence-corrected chi connectivity index (χ3v) is 5.42. The third-order valence-electron chi connectivity index (χ3n) is 3.45. The first-order valence-corrected chi connectivity index (χ1v) is 8.82. The predicted molar refractivity (Wildman–Crippen MR) is 92.7 cm³/mol. The monoisotopic (exact) mass is 351 g/mol. The van der Waals surface area contributed by atoms with Gasteiger partial charge in [0.25, 0.3) is 0 Å². The second-order valence-electron chi connectivity index (χ2n) is 5.06. The summed E-state index contributed by atoms with van der Waals surface area (Å²) in [5.41, 5.74) is 2.67. The van der Waals surface area contributed by atoms with Crippen molar-refractivity contribution in [3.05, 3.63) is 55.7 Å². The van der Waals surface area contributed by atoms with Gasteiger partial charge in [0.05, 0.1) is 0 Å². The molecule has 1 nitrogen and oxygen atoms in total. The minimum Gasteiger partial charge on any atom is -0.310 e. The topological polar surface area (TPSA) is 12.0 Å². The summed E-state index contributed by atoms with van der Waals surface area (Å²) in [4.78, 5) is 2.93. The lowest BCUT2D eigenvalue weighted by atomic mass is 10.0. The van der Waals surface area contributed by atoms with E-state index in [9.17, 15) is 0 Å². The second-order valence-corrected chi connectivity index (χ2v) is 7.17. The lowest BCUT2D eigenvalue weighted by molar-refractivity contribution is 0.551. The summed E-state index contributed by atoms with van der Waals surface area (Å²) < 4.78 is 1.20. The Morgan fingerprint density at radius 3 is 2.55 bits per heavy atom. The molecule has 1 unspecified atom stereocenters. The highest BCUT2D eigenvalue weighted by molar-refractivity contribution is 9.10. The van der Waals surface area contributed by atoms with Crippen LogP contribution < -0.4 is 5.32 Å². The average Bonchev–Trinajstić information content (AvgIpc) is 2.89. The number of nitrogens with one attached hydrogen (secondary N) is 1. The smallest absolute Gasteiger partial charge is 0.0380 e. The molecule has 0 spiro atoms. The fourth-order valence-corrected chi connectivity index (χ4v) is 3.92. The molecule has 2 rings (SSSR count). The maximum absolute atomic E-state index is 3.70. The Labute approximate surface area is 134 Å². The highest BCUT2D eigenvalue weighted by Crippen LogP contribution is 2.29. The Hall–Kier alpha value is -0.640. The van der Waals surface area contributed by atoms with E-state index in [1.54, 1.807) is 0 Å². The molecule has 0 bridgehead atoms. The molecule has 2 aromatic rings. The maximum Gasteiger partial charge on any atom is 0.0380 e. The Morgan fingerprint density at radius 2 is 1.90 bits per heavy atom. The first-order chi connectivity index (χ1) is 9.63. The van der Waals surface area contributed by atoms with E-state index in [2.05, 4.69) is 72.3 Å². The zero-order valence-electron chi connectivity index (χ0n) is 12.4. The van der Waals surface area contributed by atoms with Crippen LogP contribution in [0.15, 0.2) is 34.8 Å². The molecule has 0 radical (unpaired) electrons. The number of benzene rings is 1. The molecule has 0 aliphatic carbocycles. The van der Waals surface area contributed by atoms with E-state index in [1.165, 1.54) is 25.4 Å². The minimum atomic E-state index is 0.373. The lowest BCUT2D eigenvalue weighted by Crippen LogP contribution is -2.23. The molecule has 1 aromatic carbocycles. The van der Waals surface area contributed by atoms with Crippen LogP contribution in [0.2, 0.25) is 0 Å². The summed E-state index contributed by atoms with van der Waals surface area (Å²) in [6, 6.07) is 11.5. The van der Waals surface area contributed by atoms with Gasteiger partial charge >= 0.3 is 0 Å². The molecule has 0 aliphatic rings. The van der Waals surface area contributed by atoms with E-state index in [0.717, 1.165) is 19.4 Å². The van der Waals surface area contributed by atoms with Gasteiger partial charge in [0.15, 0.2) is 0 Å². The number of rotatable bonds is 6. The number of hydrogen-bond donors (Lipinski definition) is 1. The molecule has 20 heavy (non-hydrogen) atoms. The van der Waals surface area contributed by atoms with Gasteiger partial charge < -0.3 is 5.32 Å². The van der Waals surface area contributed by atoms with Crippen LogP contribution in [0.25, 0.3) is 0 Å². The van der Waals surface area contributed by atoms with Gasteiger partial charge in [-0.1, -0.05) is 47.5 Å². The molecule has 3 heteroatoms. The van der Waals surface area contributed by atoms with Gasteiger partial charge in [0, 0.05) is 26.7 Å². The molecule has 1 heterocycles. The Morgan fingerprint density at radius 1 is 1.15 bits per heavy atom. The third kappa shape index (κ3) is 3.94. The quantitative estimate of drug-likeness (QED) is 0.746. The van der Waals surface area contributed by atoms with Crippen LogP contribution in [-0.2, 0) is 12.8 Å². The predicted octanol–water partition coefficient (Wildman–Crippen LogP) is 5.27. The van der Waals surface area contributed by atoms with E-state index in [0.29, 0.717) is 6.04 Å². The van der Waals surface area contributed by atoms with Crippen LogP contribution in [-0.4, -0.2) is 6.54 Å². The molecule has 0 saturated heterocycles. The Bertz CT molecular complexity index is 562.